The number of hydrogen-bond acceptors (Lipinski definition) is 3. The SMILES string of the molecule is O=C(c1ccc(NC(=S)NCCCSCc2ccccc2F)cc1)N1CCCCC1. The second-order valence-corrected chi connectivity index (χ2v) is 8.82. The summed E-state index contributed by atoms with van der Waals surface area (Å²) < 4.78 is 13.6. The molecule has 2 aromatic carbocycles. The topological polar surface area (TPSA) is 44.4 Å². The van der Waals surface area contributed by atoms with Gasteiger partial charge in [0.2, 0.25) is 0 Å². The first kappa shape index (κ1) is 22.6. The molecule has 0 unspecified atom stereocenters. The average molecular weight is 446 g/mol. The number of thioether (sulfide) groups is 1. The van der Waals surface area contributed by atoms with Crippen LogP contribution >= 0.6 is 24.0 Å². The Labute approximate surface area is 187 Å². The van der Waals surface area contributed by atoms with Crippen molar-refractivity contribution in [3.63, 3.8) is 0 Å². The standard InChI is InChI=1S/C23H28FN3OS2/c24-21-8-3-2-7-19(21)17-30-16-6-13-25-23(29)26-20-11-9-18(10-12-20)22(28)27-14-4-1-5-15-27/h2-3,7-12H,1,4-6,13-17H2,(H2,25,26,29). The molecule has 30 heavy (non-hydrogen) atoms. The van der Waals surface area contributed by atoms with Crippen LogP contribution in [0.2, 0.25) is 0 Å². The molecule has 0 saturated carbocycles. The molecule has 0 aliphatic carbocycles. The number of hydrogen-bond donors (Lipinski definition) is 2. The minimum atomic E-state index is -0.142. The van der Waals surface area contributed by atoms with Crippen LogP contribution < -0.4 is 10.6 Å². The summed E-state index contributed by atoms with van der Waals surface area (Å²) in [5.41, 5.74) is 2.32. The van der Waals surface area contributed by atoms with E-state index in [4.69, 9.17) is 12.2 Å². The van der Waals surface area contributed by atoms with Crippen LogP contribution in [0.15, 0.2) is 48.5 Å². The smallest absolute Gasteiger partial charge is 0.253 e. The molecule has 1 aliphatic heterocycles. The molecular weight excluding hydrogens is 417 g/mol. The number of benzene rings is 2. The quantitative estimate of drug-likeness (QED) is 0.439. The Morgan fingerprint density at radius 3 is 2.53 bits per heavy atom. The summed E-state index contributed by atoms with van der Waals surface area (Å²) in [7, 11) is 0. The van der Waals surface area contributed by atoms with E-state index in [-0.39, 0.29) is 11.7 Å². The van der Waals surface area contributed by atoms with Gasteiger partial charge in [0, 0.05) is 36.6 Å². The summed E-state index contributed by atoms with van der Waals surface area (Å²) in [6.07, 6.45) is 4.32. The van der Waals surface area contributed by atoms with Crippen molar-refractivity contribution in [2.45, 2.75) is 31.4 Å². The number of carbonyl (C=O) groups is 1. The predicted octanol–water partition coefficient (Wildman–Crippen LogP) is 5.06. The molecule has 3 rings (SSSR count). The molecule has 1 aliphatic rings. The van der Waals surface area contributed by atoms with Crippen LogP contribution in [0, 0.1) is 5.82 Å². The lowest BCUT2D eigenvalue weighted by molar-refractivity contribution is 0.0724. The van der Waals surface area contributed by atoms with Gasteiger partial charge in [-0.05, 0) is 79.5 Å². The highest BCUT2D eigenvalue weighted by Crippen LogP contribution is 2.17. The molecule has 0 spiro atoms. The zero-order valence-electron chi connectivity index (χ0n) is 17.0. The number of thiocarbonyl (C=S) groups is 1. The second kappa shape index (κ2) is 11.9. The average Bonchev–Trinajstić information content (AvgIpc) is 2.78. The molecule has 1 amide bonds. The normalized spacial score (nSPS) is 13.7. The van der Waals surface area contributed by atoms with E-state index in [1.807, 2.05) is 41.3 Å². The third-order valence-corrected chi connectivity index (χ3v) is 6.34. The van der Waals surface area contributed by atoms with E-state index in [9.17, 15) is 9.18 Å². The highest BCUT2D eigenvalue weighted by Gasteiger charge is 2.17. The Morgan fingerprint density at radius 1 is 1.07 bits per heavy atom. The van der Waals surface area contributed by atoms with Gasteiger partial charge in [0.05, 0.1) is 0 Å². The molecular formula is C23H28FN3OS2. The fourth-order valence-electron chi connectivity index (χ4n) is 3.32. The maximum absolute atomic E-state index is 13.6. The summed E-state index contributed by atoms with van der Waals surface area (Å²) >= 11 is 7.05. The van der Waals surface area contributed by atoms with Crippen LogP contribution in [0.25, 0.3) is 0 Å². The van der Waals surface area contributed by atoms with Crippen LogP contribution in [-0.4, -0.2) is 41.3 Å². The number of likely N-dealkylation sites (tertiary alicyclic amines) is 1. The van der Waals surface area contributed by atoms with Gasteiger partial charge in [0.15, 0.2) is 5.11 Å². The lowest BCUT2D eigenvalue weighted by Gasteiger charge is -2.26. The number of nitrogens with zero attached hydrogens (tertiary/aromatic N) is 1. The fourth-order valence-corrected chi connectivity index (χ4v) is 4.49. The van der Waals surface area contributed by atoms with E-state index >= 15 is 0 Å². The van der Waals surface area contributed by atoms with Gasteiger partial charge in [0.25, 0.3) is 5.91 Å². The van der Waals surface area contributed by atoms with E-state index in [0.29, 0.717) is 16.4 Å². The zero-order valence-corrected chi connectivity index (χ0v) is 18.7. The monoisotopic (exact) mass is 445 g/mol. The molecule has 0 bridgehead atoms. The highest BCUT2D eigenvalue weighted by atomic mass is 32.2. The molecule has 0 atom stereocenters. The van der Waals surface area contributed by atoms with Gasteiger partial charge >= 0.3 is 0 Å². The largest absolute Gasteiger partial charge is 0.362 e. The Bertz CT molecular complexity index is 839. The molecule has 2 N–H and O–H groups in total. The molecule has 1 heterocycles. The van der Waals surface area contributed by atoms with E-state index < -0.39 is 0 Å². The van der Waals surface area contributed by atoms with Gasteiger partial charge in [-0.25, -0.2) is 4.39 Å². The number of anilines is 1. The summed E-state index contributed by atoms with van der Waals surface area (Å²) in [5, 5.41) is 6.90. The zero-order chi connectivity index (χ0) is 21.2. The lowest BCUT2D eigenvalue weighted by atomic mass is 10.1. The number of piperidine rings is 1. The Morgan fingerprint density at radius 2 is 1.80 bits per heavy atom. The molecule has 4 nitrogen and oxygen atoms in total. The summed E-state index contributed by atoms with van der Waals surface area (Å²) in [4.78, 5) is 14.4. The van der Waals surface area contributed by atoms with E-state index in [0.717, 1.165) is 55.9 Å². The van der Waals surface area contributed by atoms with Crippen molar-refractivity contribution in [3.8, 4) is 0 Å². The van der Waals surface area contributed by atoms with Crippen molar-refractivity contribution in [1.82, 2.24) is 10.2 Å². The van der Waals surface area contributed by atoms with Crippen molar-refractivity contribution < 1.29 is 9.18 Å². The van der Waals surface area contributed by atoms with Crippen LogP contribution in [-0.2, 0) is 5.75 Å². The number of halogens is 1. The Balaban J connectivity index is 1.32. The maximum Gasteiger partial charge on any atom is 0.253 e. The molecule has 0 aromatic heterocycles. The first-order valence-electron chi connectivity index (χ1n) is 10.4. The number of rotatable bonds is 8. The predicted molar refractivity (Wildman–Crippen MR) is 128 cm³/mol. The summed E-state index contributed by atoms with van der Waals surface area (Å²) in [6, 6.07) is 14.4. The van der Waals surface area contributed by atoms with Crippen molar-refractivity contribution >= 4 is 40.7 Å². The van der Waals surface area contributed by atoms with Crippen molar-refractivity contribution in [2.24, 2.45) is 0 Å². The Kier molecular flexibility index (Phi) is 8.96. The van der Waals surface area contributed by atoms with Gasteiger partial charge in [-0.3, -0.25) is 4.79 Å². The van der Waals surface area contributed by atoms with Crippen molar-refractivity contribution in [2.75, 3.05) is 30.7 Å². The van der Waals surface area contributed by atoms with Crippen LogP contribution in [0.4, 0.5) is 10.1 Å². The second-order valence-electron chi connectivity index (χ2n) is 7.31. The summed E-state index contributed by atoms with van der Waals surface area (Å²) in [6.45, 7) is 2.46. The summed E-state index contributed by atoms with van der Waals surface area (Å²) in [5.74, 6) is 1.57. The fraction of sp³-hybridized carbons (Fsp3) is 0.391. The lowest BCUT2D eigenvalue weighted by Crippen LogP contribution is -2.35. The van der Waals surface area contributed by atoms with Crippen LogP contribution in [0.1, 0.15) is 41.6 Å². The van der Waals surface area contributed by atoms with Gasteiger partial charge in [-0.2, -0.15) is 11.8 Å². The van der Waals surface area contributed by atoms with E-state index in [1.54, 1.807) is 17.8 Å². The number of carbonyl (C=O) groups excluding carboxylic acids is 1. The van der Waals surface area contributed by atoms with Crippen molar-refractivity contribution in [3.05, 3.63) is 65.5 Å². The molecule has 1 saturated heterocycles. The maximum atomic E-state index is 13.6. The van der Waals surface area contributed by atoms with E-state index in [2.05, 4.69) is 10.6 Å². The third-order valence-electron chi connectivity index (χ3n) is 5.00. The molecule has 1 fully saturated rings. The molecule has 7 heteroatoms. The first-order valence-corrected chi connectivity index (χ1v) is 11.9. The van der Waals surface area contributed by atoms with Crippen LogP contribution in [0.5, 0.6) is 0 Å². The van der Waals surface area contributed by atoms with Gasteiger partial charge in [-0.15, -0.1) is 0 Å². The third kappa shape index (κ3) is 6.99. The molecule has 2 aromatic rings. The molecule has 160 valence electrons. The van der Waals surface area contributed by atoms with Crippen molar-refractivity contribution in [1.29, 1.82) is 0 Å². The Hall–Kier alpha value is -2.12. The minimum absolute atomic E-state index is 0.106. The molecule has 0 radical (unpaired) electrons. The van der Waals surface area contributed by atoms with Gasteiger partial charge < -0.3 is 15.5 Å². The minimum Gasteiger partial charge on any atom is -0.362 e. The van der Waals surface area contributed by atoms with Gasteiger partial charge in [-0.1, -0.05) is 18.2 Å². The van der Waals surface area contributed by atoms with Crippen LogP contribution in [0.3, 0.4) is 0 Å². The number of nitrogens with one attached hydrogen (secondary N) is 2. The first-order chi connectivity index (χ1) is 14.6. The van der Waals surface area contributed by atoms with E-state index in [1.165, 1.54) is 12.5 Å². The van der Waals surface area contributed by atoms with Gasteiger partial charge in [0.1, 0.15) is 5.82 Å². The number of amides is 1. The highest BCUT2D eigenvalue weighted by molar-refractivity contribution is 7.98.